The fourth-order valence-electron chi connectivity index (χ4n) is 3.70. The van der Waals surface area contributed by atoms with E-state index in [2.05, 4.69) is 26.6 Å². The molecule has 1 aromatic heterocycles. The van der Waals surface area contributed by atoms with Crippen LogP contribution in [0.5, 0.6) is 0 Å². The van der Waals surface area contributed by atoms with Gasteiger partial charge in [0.2, 0.25) is 0 Å². The first-order chi connectivity index (χ1) is 16.6. The molecule has 8 nitrogen and oxygen atoms in total. The Labute approximate surface area is 209 Å². The number of hydrogen-bond donors (Lipinski definition) is 2. The molecular weight excluding hydrogens is 522 g/mol. The van der Waals surface area contributed by atoms with Gasteiger partial charge in [0.15, 0.2) is 0 Å². The summed E-state index contributed by atoms with van der Waals surface area (Å²) >= 11 is 5.92. The van der Waals surface area contributed by atoms with Crippen LogP contribution >= 0.6 is 11.6 Å². The van der Waals surface area contributed by atoms with E-state index in [1.165, 1.54) is 38.9 Å². The average molecular weight is 551 g/mol. The average Bonchev–Trinajstić information content (AvgIpc) is 2.80. The lowest BCUT2D eigenvalue weighted by atomic mass is 10.0. The molecule has 1 unspecified atom stereocenters. The predicted octanol–water partition coefficient (Wildman–Crippen LogP) is 4.00. The monoisotopic (exact) mass is 550 g/mol. The zero-order valence-electron chi connectivity index (χ0n) is 19.5. The molecule has 2 fully saturated rings. The number of piperidine rings is 1. The van der Waals surface area contributed by atoms with Gasteiger partial charge < -0.3 is 15.1 Å². The number of pyridine rings is 1. The number of piperazine rings is 1. The van der Waals surface area contributed by atoms with Crippen LogP contribution in [0, 0.1) is 0 Å². The summed E-state index contributed by atoms with van der Waals surface area (Å²) in [4.78, 5) is 29.9. The third-order valence-corrected chi connectivity index (χ3v) is 5.74. The van der Waals surface area contributed by atoms with Crippen LogP contribution in [0.1, 0.15) is 26.2 Å². The minimum absolute atomic E-state index is 0.708. The lowest BCUT2D eigenvalue weighted by Gasteiger charge is -2.41. The van der Waals surface area contributed by atoms with E-state index in [-0.39, 0.29) is 0 Å². The van der Waals surface area contributed by atoms with Crippen LogP contribution < -0.4 is 4.90 Å². The van der Waals surface area contributed by atoms with Crippen LogP contribution in [-0.2, 0) is 9.59 Å². The number of carboxylic acid groups (broad SMARTS) is 2. The topological polar surface area (TPSA) is 97.2 Å². The van der Waals surface area contributed by atoms with Gasteiger partial charge in [-0.2, -0.15) is 26.3 Å². The molecule has 36 heavy (non-hydrogen) atoms. The summed E-state index contributed by atoms with van der Waals surface area (Å²) in [6, 6.07) is 4.72. The van der Waals surface area contributed by atoms with Crippen LogP contribution in [0.25, 0.3) is 0 Å². The van der Waals surface area contributed by atoms with Crippen LogP contribution in [0.2, 0.25) is 5.02 Å². The van der Waals surface area contributed by atoms with Crippen LogP contribution in [0.4, 0.5) is 32.2 Å². The molecule has 0 saturated carbocycles. The molecule has 3 heterocycles. The summed E-state index contributed by atoms with van der Waals surface area (Å²) in [6.07, 6.45) is -4.28. The van der Waals surface area contributed by atoms with Gasteiger partial charge in [0.25, 0.3) is 0 Å². The Bertz CT molecular complexity index is 794. The fraction of sp³-hybridized carbons (Fsp3) is 0.667. The molecule has 2 N–H and O–H groups in total. The van der Waals surface area contributed by atoms with E-state index < -0.39 is 24.3 Å². The van der Waals surface area contributed by atoms with E-state index >= 15 is 0 Å². The first-order valence-corrected chi connectivity index (χ1v) is 11.5. The maximum atomic E-state index is 10.6. The van der Waals surface area contributed by atoms with Gasteiger partial charge in [0.1, 0.15) is 5.82 Å². The highest BCUT2D eigenvalue weighted by molar-refractivity contribution is 6.30. The van der Waals surface area contributed by atoms with Crippen molar-refractivity contribution < 1.29 is 46.1 Å². The van der Waals surface area contributed by atoms with Gasteiger partial charge in [-0.3, -0.25) is 9.80 Å². The van der Waals surface area contributed by atoms with Crippen LogP contribution in [0.3, 0.4) is 0 Å². The Morgan fingerprint density at radius 3 is 1.92 bits per heavy atom. The van der Waals surface area contributed by atoms with Gasteiger partial charge in [0, 0.05) is 45.0 Å². The number of likely N-dealkylation sites (tertiary alicyclic amines) is 1. The number of aliphatic carboxylic acids is 2. The number of carboxylic acids is 2. The Kier molecular flexibility index (Phi) is 12.7. The summed E-state index contributed by atoms with van der Waals surface area (Å²) in [7, 11) is 0. The summed E-state index contributed by atoms with van der Waals surface area (Å²) in [5.74, 6) is -4.46. The highest BCUT2D eigenvalue weighted by Gasteiger charge is 2.38. The van der Waals surface area contributed by atoms with Gasteiger partial charge in [0.05, 0.1) is 5.02 Å². The molecule has 1 aromatic rings. The lowest BCUT2D eigenvalue weighted by molar-refractivity contribution is -0.193. The van der Waals surface area contributed by atoms with Crippen molar-refractivity contribution in [1.82, 2.24) is 14.8 Å². The largest absolute Gasteiger partial charge is 0.490 e. The molecule has 2 saturated heterocycles. The maximum Gasteiger partial charge on any atom is 0.490 e. The SMILES string of the molecule is CCN1CCCCC1CN1CCN(c2ccc(Cl)cn2)CC1.O=C(O)C(F)(F)F.O=C(O)C(F)(F)F. The second-order valence-electron chi connectivity index (χ2n) is 8.01. The van der Waals surface area contributed by atoms with Crippen molar-refractivity contribution in [3.05, 3.63) is 23.4 Å². The zero-order valence-corrected chi connectivity index (χ0v) is 20.3. The number of nitrogens with zero attached hydrogens (tertiary/aromatic N) is 4. The summed E-state index contributed by atoms with van der Waals surface area (Å²) < 4.78 is 63.5. The minimum Gasteiger partial charge on any atom is -0.475 e. The molecule has 2 aliphatic rings. The summed E-state index contributed by atoms with van der Waals surface area (Å²) in [5, 5.41) is 15.0. The van der Waals surface area contributed by atoms with E-state index in [0.717, 1.165) is 38.0 Å². The molecule has 0 spiro atoms. The molecule has 2 aliphatic heterocycles. The van der Waals surface area contributed by atoms with Crippen LogP contribution in [-0.4, -0.2) is 101 Å². The number of rotatable bonds is 4. The van der Waals surface area contributed by atoms with Crippen molar-refractivity contribution in [2.45, 2.75) is 44.6 Å². The Balaban J connectivity index is 0.000000383. The number of likely N-dealkylation sites (N-methyl/N-ethyl adjacent to an activating group) is 1. The highest BCUT2D eigenvalue weighted by atomic mass is 35.5. The molecule has 15 heteroatoms. The normalized spacial score (nSPS) is 19.4. The van der Waals surface area contributed by atoms with Crippen LogP contribution in [0.15, 0.2) is 18.3 Å². The molecule has 3 rings (SSSR count). The number of alkyl halides is 6. The highest BCUT2D eigenvalue weighted by Crippen LogP contribution is 2.20. The first-order valence-electron chi connectivity index (χ1n) is 11.1. The van der Waals surface area contributed by atoms with E-state index in [0.29, 0.717) is 5.02 Å². The Morgan fingerprint density at radius 2 is 1.50 bits per heavy atom. The molecular formula is C21H29ClF6N4O4. The molecule has 206 valence electrons. The van der Waals surface area contributed by atoms with Gasteiger partial charge in [-0.15, -0.1) is 0 Å². The number of hydrogen-bond acceptors (Lipinski definition) is 6. The van der Waals surface area contributed by atoms with Crippen molar-refractivity contribution in [3.63, 3.8) is 0 Å². The molecule has 0 aliphatic carbocycles. The van der Waals surface area contributed by atoms with E-state index in [1.54, 1.807) is 6.20 Å². The van der Waals surface area contributed by atoms with E-state index in [9.17, 15) is 26.3 Å². The van der Waals surface area contributed by atoms with Crippen molar-refractivity contribution in [1.29, 1.82) is 0 Å². The third-order valence-electron chi connectivity index (χ3n) is 5.52. The Hall–Kier alpha value is -2.32. The van der Waals surface area contributed by atoms with E-state index in [4.69, 9.17) is 31.4 Å². The van der Waals surface area contributed by atoms with Gasteiger partial charge in [-0.25, -0.2) is 14.6 Å². The number of aromatic nitrogens is 1. The Morgan fingerprint density at radius 1 is 0.972 bits per heavy atom. The molecule has 0 radical (unpaired) electrons. The van der Waals surface area contributed by atoms with E-state index in [1.807, 2.05) is 12.1 Å². The van der Waals surface area contributed by atoms with Gasteiger partial charge in [-0.05, 0) is 38.1 Å². The van der Waals surface area contributed by atoms with Gasteiger partial charge >= 0.3 is 24.3 Å². The smallest absolute Gasteiger partial charge is 0.475 e. The third kappa shape index (κ3) is 11.6. The zero-order chi connectivity index (χ0) is 27.5. The summed E-state index contributed by atoms with van der Waals surface area (Å²) in [5.41, 5.74) is 0. The lowest BCUT2D eigenvalue weighted by Crippen LogP contribution is -2.52. The molecule has 1 atom stereocenters. The molecule has 0 aromatic carbocycles. The number of carbonyl (C=O) groups is 2. The molecule has 0 bridgehead atoms. The second kappa shape index (κ2) is 14.4. The standard InChI is InChI=1S/C17H27ClN4.2C2HF3O2/c1-2-21-8-4-3-5-16(21)14-20-9-11-22(12-10-20)17-7-6-15(18)13-19-17;2*3-2(4,5)1(6)7/h6-7,13,16H,2-5,8-12,14H2,1H3;2*(H,6,7). The number of anilines is 1. The maximum absolute atomic E-state index is 10.6. The predicted molar refractivity (Wildman–Crippen MR) is 120 cm³/mol. The van der Waals surface area contributed by atoms with Crippen molar-refractivity contribution in [2.75, 3.05) is 50.7 Å². The van der Waals surface area contributed by atoms with Crippen molar-refractivity contribution in [2.24, 2.45) is 0 Å². The minimum atomic E-state index is -5.08. The number of halogens is 7. The second-order valence-corrected chi connectivity index (χ2v) is 8.44. The molecule has 0 amide bonds. The van der Waals surface area contributed by atoms with Gasteiger partial charge in [-0.1, -0.05) is 24.9 Å². The first kappa shape index (κ1) is 31.7. The quantitative estimate of drug-likeness (QED) is 0.543. The summed E-state index contributed by atoms with van der Waals surface area (Å²) in [6.45, 7) is 10.4. The fourth-order valence-corrected chi connectivity index (χ4v) is 3.81. The van der Waals surface area contributed by atoms with Crippen molar-refractivity contribution in [3.8, 4) is 0 Å². The van der Waals surface area contributed by atoms with Crippen molar-refractivity contribution >= 4 is 29.4 Å².